The highest BCUT2D eigenvalue weighted by Crippen LogP contribution is 2.33. The van der Waals surface area contributed by atoms with E-state index < -0.39 is 0 Å². The van der Waals surface area contributed by atoms with Crippen LogP contribution in [-0.2, 0) is 4.74 Å². The molecule has 154 valence electrons. The van der Waals surface area contributed by atoms with Gasteiger partial charge in [0.2, 0.25) is 0 Å². The van der Waals surface area contributed by atoms with Crippen molar-refractivity contribution in [3.8, 4) is 0 Å². The van der Waals surface area contributed by atoms with Gasteiger partial charge >= 0.3 is 5.97 Å². The summed E-state index contributed by atoms with van der Waals surface area (Å²) >= 11 is 0. The van der Waals surface area contributed by atoms with E-state index in [0.717, 1.165) is 24.7 Å². The van der Waals surface area contributed by atoms with Crippen molar-refractivity contribution in [3.05, 3.63) is 41.5 Å². The molecule has 0 N–H and O–H groups in total. The van der Waals surface area contributed by atoms with Gasteiger partial charge in [0.05, 0.1) is 5.56 Å². The largest absolute Gasteiger partial charge is 0.459 e. The molecule has 2 heteroatoms. The normalized spacial score (nSPS) is 25.2. The third-order valence-electron chi connectivity index (χ3n) is 6.71. The minimum atomic E-state index is -0.157. The molecule has 3 rings (SSSR count). The van der Waals surface area contributed by atoms with E-state index in [1.807, 2.05) is 12.1 Å². The van der Waals surface area contributed by atoms with E-state index in [4.69, 9.17) is 4.74 Å². The van der Waals surface area contributed by atoms with Crippen molar-refractivity contribution >= 4 is 11.5 Å². The van der Waals surface area contributed by atoms with Crippen molar-refractivity contribution in [1.29, 1.82) is 0 Å². The van der Waals surface area contributed by atoms with Crippen LogP contribution in [0.15, 0.2) is 30.3 Å². The fourth-order valence-electron chi connectivity index (χ4n) is 4.66. The van der Waals surface area contributed by atoms with Gasteiger partial charge in [-0.3, -0.25) is 0 Å². The molecular weight excluding hydrogens is 344 g/mol. The lowest BCUT2D eigenvalue weighted by atomic mass is 9.84. The number of rotatable bonds is 8. The van der Waals surface area contributed by atoms with Crippen LogP contribution in [0, 0.1) is 11.8 Å². The van der Waals surface area contributed by atoms with E-state index in [1.54, 1.807) is 0 Å². The van der Waals surface area contributed by atoms with Gasteiger partial charge in [-0.1, -0.05) is 64.2 Å². The van der Waals surface area contributed by atoms with Gasteiger partial charge < -0.3 is 4.74 Å². The molecular formula is C26H38O2. The van der Waals surface area contributed by atoms with Gasteiger partial charge in [-0.05, 0) is 80.1 Å². The zero-order valence-corrected chi connectivity index (χ0v) is 17.9. The topological polar surface area (TPSA) is 26.3 Å². The first-order chi connectivity index (χ1) is 13.7. The number of hydrogen-bond acceptors (Lipinski definition) is 2. The SMILES string of the molecule is CCCCCCC1CC=C(c2ccc(C(=O)OC3CCC(C)CC3)cc2)CC1. The Balaban J connectivity index is 1.47. The number of allylic oxidation sites excluding steroid dienone is 2. The van der Waals surface area contributed by atoms with Crippen molar-refractivity contribution < 1.29 is 9.53 Å². The molecule has 0 amide bonds. The van der Waals surface area contributed by atoms with Crippen LogP contribution in [0.4, 0.5) is 0 Å². The molecule has 1 saturated carbocycles. The highest BCUT2D eigenvalue weighted by molar-refractivity contribution is 5.90. The molecule has 0 radical (unpaired) electrons. The number of ether oxygens (including phenoxy) is 1. The van der Waals surface area contributed by atoms with E-state index in [0.29, 0.717) is 5.56 Å². The fourth-order valence-corrected chi connectivity index (χ4v) is 4.66. The average molecular weight is 383 g/mol. The Labute approximate surface area is 171 Å². The smallest absolute Gasteiger partial charge is 0.338 e. The van der Waals surface area contributed by atoms with E-state index >= 15 is 0 Å². The molecule has 1 aromatic carbocycles. The summed E-state index contributed by atoms with van der Waals surface area (Å²) in [6.45, 7) is 4.56. The molecule has 1 aromatic rings. The maximum Gasteiger partial charge on any atom is 0.338 e. The molecule has 2 nitrogen and oxygen atoms in total. The van der Waals surface area contributed by atoms with Crippen molar-refractivity contribution in [2.24, 2.45) is 11.8 Å². The van der Waals surface area contributed by atoms with Gasteiger partial charge in [-0.15, -0.1) is 0 Å². The summed E-state index contributed by atoms with van der Waals surface area (Å²) < 4.78 is 5.73. The van der Waals surface area contributed by atoms with E-state index in [2.05, 4.69) is 32.1 Å². The highest BCUT2D eigenvalue weighted by atomic mass is 16.5. The Hall–Kier alpha value is -1.57. The molecule has 0 spiro atoms. The second kappa shape index (κ2) is 10.8. The zero-order valence-electron chi connectivity index (χ0n) is 17.9. The Morgan fingerprint density at radius 2 is 1.75 bits per heavy atom. The minimum Gasteiger partial charge on any atom is -0.459 e. The average Bonchev–Trinajstić information content (AvgIpc) is 2.73. The van der Waals surface area contributed by atoms with Crippen molar-refractivity contribution in [1.82, 2.24) is 0 Å². The molecule has 2 aliphatic rings. The Kier molecular flexibility index (Phi) is 8.18. The van der Waals surface area contributed by atoms with E-state index in [1.165, 1.54) is 75.3 Å². The monoisotopic (exact) mass is 382 g/mol. The van der Waals surface area contributed by atoms with Crippen LogP contribution in [0.3, 0.4) is 0 Å². The second-order valence-corrected chi connectivity index (χ2v) is 9.08. The number of unbranched alkanes of at least 4 members (excludes halogenated alkanes) is 3. The quantitative estimate of drug-likeness (QED) is 0.342. The van der Waals surface area contributed by atoms with Gasteiger partial charge in [0, 0.05) is 0 Å². The summed E-state index contributed by atoms with van der Waals surface area (Å²) in [5, 5.41) is 0. The van der Waals surface area contributed by atoms with Crippen LogP contribution >= 0.6 is 0 Å². The molecule has 28 heavy (non-hydrogen) atoms. The summed E-state index contributed by atoms with van der Waals surface area (Å²) in [6, 6.07) is 8.10. The lowest BCUT2D eigenvalue weighted by Gasteiger charge is -2.26. The fraction of sp³-hybridized carbons (Fsp3) is 0.654. The molecule has 0 saturated heterocycles. The van der Waals surface area contributed by atoms with Crippen molar-refractivity contribution in [3.63, 3.8) is 0 Å². The molecule has 0 bridgehead atoms. The number of esters is 1. The first-order valence-corrected chi connectivity index (χ1v) is 11.7. The molecule has 0 aromatic heterocycles. The highest BCUT2D eigenvalue weighted by Gasteiger charge is 2.22. The van der Waals surface area contributed by atoms with Gasteiger partial charge in [-0.25, -0.2) is 4.79 Å². The standard InChI is InChI=1S/C26H38O2/c1-3-4-5-6-7-21-10-12-22(13-11-21)23-14-16-24(17-15-23)26(27)28-25-18-8-20(2)9-19-25/h12,14-17,20-21,25H,3-11,13,18-19H2,1-2H3. The van der Waals surface area contributed by atoms with E-state index in [-0.39, 0.29) is 12.1 Å². The Morgan fingerprint density at radius 3 is 2.39 bits per heavy atom. The summed E-state index contributed by atoms with van der Waals surface area (Å²) in [5.74, 6) is 1.48. The molecule has 0 heterocycles. The maximum absolute atomic E-state index is 12.4. The predicted octanol–water partition coefficient (Wildman–Crippen LogP) is 7.58. The zero-order chi connectivity index (χ0) is 19.8. The molecule has 1 fully saturated rings. The predicted molar refractivity (Wildman–Crippen MR) is 117 cm³/mol. The van der Waals surface area contributed by atoms with Gasteiger partial charge in [0.15, 0.2) is 0 Å². The Morgan fingerprint density at radius 1 is 1.00 bits per heavy atom. The van der Waals surface area contributed by atoms with Gasteiger partial charge in [0.25, 0.3) is 0 Å². The van der Waals surface area contributed by atoms with Crippen LogP contribution in [0.5, 0.6) is 0 Å². The molecule has 1 atom stereocenters. The second-order valence-electron chi connectivity index (χ2n) is 9.08. The number of hydrogen-bond donors (Lipinski definition) is 0. The summed E-state index contributed by atoms with van der Waals surface area (Å²) in [6.07, 6.45) is 17.5. The van der Waals surface area contributed by atoms with Gasteiger partial charge in [-0.2, -0.15) is 0 Å². The summed E-state index contributed by atoms with van der Waals surface area (Å²) in [7, 11) is 0. The van der Waals surface area contributed by atoms with Crippen LogP contribution in [0.2, 0.25) is 0 Å². The number of benzene rings is 1. The van der Waals surface area contributed by atoms with Crippen LogP contribution < -0.4 is 0 Å². The first-order valence-electron chi connectivity index (χ1n) is 11.7. The van der Waals surface area contributed by atoms with Gasteiger partial charge in [0.1, 0.15) is 6.10 Å². The third kappa shape index (κ3) is 6.22. The molecule has 1 unspecified atom stereocenters. The summed E-state index contributed by atoms with van der Waals surface area (Å²) in [4.78, 5) is 12.4. The van der Waals surface area contributed by atoms with Crippen LogP contribution in [0.25, 0.3) is 5.57 Å². The Bertz CT molecular complexity index is 635. The van der Waals surface area contributed by atoms with E-state index in [9.17, 15) is 4.79 Å². The maximum atomic E-state index is 12.4. The molecule has 2 aliphatic carbocycles. The lowest BCUT2D eigenvalue weighted by Crippen LogP contribution is -2.23. The number of carbonyl (C=O) groups is 1. The summed E-state index contributed by atoms with van der Waals surface area (Å²) in [5.41, 5.74) is 3.41. The van der Waals surface area contributed by atoms with Crippen LogP contribution in [0.1, 0.15) is 107 Å². The third-order valence-corrected chi connectivity index (χ3v) is 6.71. The minimum absolute atomic E-state index is 0.110. The lowest BCUT2D eigenvalue weighted by molar-refractivity contribution is 0.0174. The van der Waals surface area contributed by atoms with Crippen LogP contribution in [-0.4, -0.2) is 12.1 Å². The molecule has 0 aliphatic heterocycles. The number of carbonyl (C=O) groups excluding carboxylic acids is 1. The van der Waals surface area contributed by atoms with Crippen molar-refractivity contribution in [2.75, 3.05) is 0 Å². The first kappa shape index (κ1) is 21.1. The van der Waals surface area contributed by atoms with Crippen molar-refractivity contribution in [2.45, 2.75) is 97.0 Å².